The number of hydrogen-bond donors (Lipinski definition) is 4. The summed E-state index contributed by atoms with van der Waals surface area (Å²) >= 11 is 1.53. The maximum Gasteiger partial charge on any atom is 0.225 e. The second kappa shape index (κ2) is 9.47. The van der Waals surface area contributed by atoms with Gasteiger partial charge < -0.3 is 20.8 Å². The Kier molecular flexibility index (Phi) is 6.64. The summed E-state index contributed by atoms with van der Waals surface area (Å²) < 4.78 is 24.7. The van der Waals surface area contributed by atoms with Crippen LogP contribution in [-0.4, -0.2) is 74.9 Å². The third-order valence-electron chi connectivity index (χ3n) is 7.06. The number of rotatable bonds is 7. The number of nitrogens with one attached hydrogen (secondary N) is 2. The van der Waals surface area contributed by atoms with Crippen LogP contribution in [0.1, 0.15) is 42.8 Å². The van der Waals surface area contributed by atoms with Crippen molar-refractivity contribution in [3.63, 3.8) is 0 Å². The minimum Gasteiger partial charge on any atom is -0.390 e. The maximum absolute atomic E-state index is 11.9. The van der Waals surface area contributed by atoms with Gasteiger partial charge in [0.05, 0.1) is 39.5 Å². The normalized spacial score (nSPS) is 24.7. The topological polar surface area (TPSA) is 150 Å². The molecule has 0 spiro atoms. The molecule has 0 aliphatic heterocycles. The van der Waals surface area contributed by atoms with Gasteiger partial charge in [-0.15, -0.1) is 11.3 Å². The minimum atomic E-state index is -3.31. The average Bonchev–Trinajstić information content (AvgIpc) is 3.26. The van der Waals surface area contributed by atoms with E-state index in [1.165, 1.54) is 17.8 Å². The van der Waals surface area contributed by atoms with Crippen LogP contribution in [0.25, 0.3) is 20.8 Å². The standard InChI is InChI=1S/C24H32N6O4S2/c1-11-8-17-19(13(3)25-11)29-23(35-17)18-12(2)26-24(27-15-6-5-7-15)30-22(18)28-16-9-14(10-36(4,33)34)20(31)21(16)32/h8,14-16,20-21,31-32H,5-7,9-10H2,1-4H3,(H2,26,27,28,30)/t14-,16-,20-,21+/m1/s1. The molecule has 0 radical (unpaired) electrons. The molecule has 4 N–H and O–H groups in total. The van der Waals surface area contributed by atoms with Crippen LogP contribution in [-0.2, 0) is 9.84 Å². The van der Waals surface area contributed by atoms with Crippen molar-refractivity contribution >= 4 is 43.2 Å². The summed E-state index contributed by atoms with van der Waals surface area (Å²) in [6.45, 7) is 5.79. The van der Waals surface area contributed by atoms with Gasteiger partial charge in [0.2, 0.25) is 5.95 Å². The highest BCUT2D eigenvalue weighted by molar-refractivity contribution is 7.90. The second-order valence-electron chi connectivity index (χ2n) is 10.2. The van der Waals surface area contributed by atoms with Crippen LogP contribution >= 0.6 is 11.3 Å². The first-order valence-corrected chi connectivity index (χ1v) is 15.1. The van der Waals surface area contributed by atoms with Gasteiger partial charge in [0.1, 0.15) is 32.3 Å². The van der Waals surface area contributed by atoms with Gasteiger partial charge in [-0.25, -0.2) is 18.4 Å². The van der Waals surface area contributed by atoms with Gasteiger partial charge in [0.15, 0.2) is 0 Å². The minimum absolute atomic E-state index is 0.183. The van der Waals surface area contributed by atoms with Crippen LogP contribution in [0, 0.1) is 26.7 Å². The van der Waals surface area contributed by atoms with Crippen molar-refractivity contribution in [2.45, 2.75) is 70.7 Å². The van der Waals surface area contributed by atoms with Gasteiger partial charge in [0, 0.05) is 23.9 Å². The number of sulfone groups is 1. The predicted octanol–water partition coefficient (Wildman–Crippen LogP) is 2.60. The maximum atomic E-state index is 11.9. The zero-order valence-corrected chi connectivity index (χ0v) is 22.4. The number of hydrogen-bond acceptors (Lipinski definition) is 11. The summed E-state index contributed by atoms with van der Waals surface area (Å²) in [7, 11) is -3.31. The largest absolute Gasteiger partial charge is 0.390 e. The molecular weight excluding hydrogens is 500 g/mol. The fraction of sp³-hybridized carbons (Fsp3) is 0.583. The summed E-state index contributed by atoms with van der Waals surface area (Å²) in [5.41, 5.74) is 4.05. The summed E-state index contributed by atoms with van der Waals surface area (Å²) in [5.74, 6) is 0.253. The van der Waals surface area contributed by atoms with Crippen molar-refractivity contribution < 1.29 is 18.6 Å². The lowest BCUT2D eigenvalue weighted by molar-refractivity contribution is 0.0216. The molecule has 194 valence electrons. The molecule has 12 heteroatoms. The van der Waals surface area contributed by atoms with Crippen molar-refractivity contribution in [2.75, 3.05) is 22.6 Å². The summed E-state index contributed by atoms with van der Waals surface area (Å²) in [5, 5.41) is 28.8. The third-order valence-corrected chi connectivity index (χ3v) is 9.12. The van der Waals surface area contributed by atoms with Gasteiger partial charge in [0.25, 0.3) is 0 Å². The van der Waals surface area contributed by atoms with Crippen molar-refractivity contribution in [3.8, 4) is 10.6 Å². The molecule has 2 saturated carbocycles. The molecule has 3 aromatic rings. The number of aryl methyl sites for hydroxylation is 3. The Morgan fingerprint density at radius 3 is 2.44 bits per heavy atom. The third kappa shape index (κ3) is 5.04. The van der Waals surface area contributed by atoms with E-state index >= 15 is 0 Å². The highest BCUT2D eigenvalue weighted by Crippen LogP contribution is 2.39. The van der Waals surface area contributed by atoms with E-state index in [1.807, 2.05) is 26.8 Å². The first-order valence-electron chi connectivity index (χ1n) is 12.2. The molecule has 4 atom stereocenters. The molecule has 0 aromatic carbocycles. The molecule has 2 fully saturated rings. The molecule has 3 aromatic heterocycles. The van der Waals surface area contributed by atoms with E-state index in [1.54, 1.807) is 0 Å². The Morgan fingerprint density at radius 2 is 1.78 bits per heavy atom. The number of thiazole rings is 1. The molecule has 2 aliphatic carbocycles. The zero-order chi connectivity index (χ0) is 25.8. The van der Waals surface area contributed by atoms with Crippen LogP contribution in [0.15, 0.2) is 6.07 Å². The number of aromatic nitrogens is 4. The summed E-state index contributed by atoms with van der Waals surface area (Å²) in [6.07, 6.45) is 2.47. The lowest BCUT2D eigenvalue weighted by atomic mass is 9.93. The van der Waals surface area contributed by atoms with Crippen molar-refractivity contribution in [2.24, 2.45) is 5.92 Å². The van der Waals surface area contributed by atoms with E-state index in [-0.39, 0.29) is 5.75 Å². The van der Waals surface area contributed by atoms with E-state index < -0.39 is 34.0 Å². The Labute approximate surface area is 214 Å². The fourth-order valence-corrected chi connectivity index (χ4v) is 7.39. The first kappa shape index (κ1) is 25.2. The molecule has 0 unspecified atom stereocenters. The molecule has 0 amide bonds. The predicted molar refractivity (Wildman–Crippen MR) is 141 cm³/mol. The van der Waals surface area contributed by atoms with Crippen LogP contribution < -0.4 is 10.6 Å². The lowest BCUT2D eigenvalue weighted by Crippen LogP contribution is -2.36. The molecule has 0 bridgehead atoms. The lowest BCUT2D eigenvalue weighted by Gasteiger charge is -2.27. The molecule has 2 aliphatic rings. The van der Waals surface area contributed by atoms with E-state index in [0.717, 1.165) is 57.0 Å². The van der Waals surface area contributed by atoms with E-state index in [2.05, 4.69) is 15.6 Å². The van der Waals surface area contributed by atoms with Crippen LogP contribution in [0.5, 0.6) is 0 Å². The number of aliphatic hydroxyl groups is 2. The highest BCUT2D eigenvalue weighted by atomic mass is 32.2. The SMILES string of the molecule is Cc1cc2sc(-c3c(C)nc(NC4CCC4)nc3N[C@@H]3C[C@H](CS(C)(=O)=O)[C@@H](O)[C@H]3O)nc2c(C)n1. The van der Waals surface area contributed by atoms with Crippen LogP contribution in [0.2, 0.25) is 0 Å². The van der Waals surface area contributed by atoms with Gasteiger partial charge in [-0.3, -0.25) is 4.98 Å². The average molecular weight is 533 g/mol. The zero-order valence-electron chi connectivity index (χ0n) is 20.8. The van der Waals surface area contributed by atoms with Gasteiger partial charge in [-0.1, -0.05) is 0 Å². The molecule has 10 nitrogen and oxygen atoms in total. The number of pyridine rings is 1. The first-order chi connectivity index (χ1) is 17.0. The van der Waals surface area contributed by atoms with Crippen LogP contribution in [0.4, 0.5) is 11.8 Å². The fourth-order valence-electron chi connectivity index (χ4n) is 5.07. The summed E-state index contributed by atoms with van der Waals surface area (Å²) in [6, 6.07) is 1.77. The number of fused-ring (bicyclic) bond motifs is 1. The highest BCUT2D eigenvalue weighted by Gasteiger charge is 2.43. The van der Waals surface area contributed by atoms with E-state index in [9.17, 15) is 18.6 Å². The Morgan fingerprint density at radius 1 is 1.03 bits per heavy atom. The second-order valence-corrected chi connectivity index (χ2v) is 13.4. The quantitative estimate of drug-likeness (QED) is 0.357. The Hall–Kier alpha value is -2.41. The number of nitrogens with zero attached hydrogens (tertiary/aromatic N) is 4. The van der Waals surface area contributed by atoms with Gasteiger partial charge in [-0.05, 0) is 52.5 Å². The molecular formula is C24H32N6O4S2. The smallest absolute Gasteiger partial charge is 0.225 e. The Bertz CT molecular complexity index is 1410. The van der Waals surface area contributed by atoms with Crippen molar-refractivity contribution in [1.29, 1.82) is 0 Å². The van der Waals surface area contributed by atoms with Crippen LogP contribution in [0.3, 0.4) is 0 Å². The Balaban J connectivity index is 1.54. The van der Waals surface area contributed by atoms with E-state index in [4.69, 9.17) is 15.0 Å². The van der Waals surface area contributed by atoms with Gasteiger partial charge >= 0.3 is 0 Å². The van der Waals surface area contributed by atoms with E-state index in [0.29, 0.717) is 24.2 Å². The molecule has 3 heterocycles. The van der Waals surface area contributed by atoms with Crippen molar-refractivity contribution in [3.05, 3.63) is 23.1 Å². The van der Waals surface area contributed by atoms with Crippen molar-refractivity contribution in [1.82, 2.24) is 19.9 Å². The molecule has 36 heavy (non-hydrogen) atoms. The number of aliphatic hydroxyl groups excluding tert-OH is 2. The molecule has 0 saturated heterocycles. The van der Waals surface area contributed by atoms with Gasteiger partial charge in [-0.2, -0.15) is 4.98 Å². The molecule has 5 rings (SSSR count). The monoisotopic (exact) mass is 532 g/mol. The summed E-state index contributed by atoms with van der Waals surface area (Å²) in [4.78, 5) is 18.9. The number of anilines is 2.